The van der Waals surface area contributed by atoms with Crippen LogP contribution in [0.4, 0.5) is 0 Å². The first-order chi connectivity index (χ1) is 11.3. The van der Waals surface area contributed by atoms with E-state index < -0.39 is 0 Å². The van der Waals surface area contributed by atoms with Gasteiger partial charge < -0.3 is 5.32 Å². The van der Waals surface area contributed by atoms with Gasteiger partial charge in [0.25, 0.3) is 0 Å². The molecule has 1 unspecified atom stereocenters. The molecule has 0 radical (unpaired) electrons. The molecule has 0 amide bonds. The zero-order valence-corrected chi connectivity index (χ0v) is 16.8. The van der Waals surface area contributed by atoms with Gasteiger partial charge in [-0.2, -0.15) is 0 Å². The summed E-state index contributed by atoms with van der Waals surface area (Å²) in [6.45, 7) is 9.42. The Bertz CT molecular complexity index is 202. The van der Waals surface area contributed by atoms with Crippen LogP contribution in [-0.2, 0) is 0 Å². The minimum absolute atomic E-state index is 0.974. The maximum atomic E-state index is 3.68. The maximum Gasteiger partial charge on any atom is -0.00463 e. The summed E-state index contributed by atoms with van der Waals surface area (Å²) in [5.41, 5.74) is 0. The van der Waals surface area contributed by atoms with E-state index in [1.807, 2.05) is 0 Å². The number of unbranched alkanes of at least 4 members (excludes halogenated alkanes) is 10. The minimum atomic E-state index is 0.974. The number of rotatable bonds is 19. The average molecular weight is 326 g/mol. The lowest BCUT2D eigenvalue weighted by Gasteiger charge is -2.16. The fourth-order valence-electron chi connectivity index (χ4n) is 3.52. The van der Waals surface area contributed by atoms with Gasteiger partial charge in [0.05, 0.1) is 0 Å². The summed E-state index contributed by atoms with van der Waals surface area (Å²) in [6.07, 6.45) is 22.8. The van der Waals surface area contributed by atoms with Gasteiger partial charge in [-0.05, 0) is 31.8 Å². The molecule has 1 N–H and O–H groups in total. The third-order valence-electron chi connectivity index (χ3n) is 5.10. The molecule has 0 rings (SSSR count). The molecule has 0 aliphatic rings. The third kappa shape index (κ3) is 18.1. The van der Waals surface area contributed by atoms with Gasteiger partial charge in [0, 0.05) is 0 Å². The van der Waals surface area contributed by atoms with Crippen LogP contribution in [0.1, 0.15) is 124 Å². The van der Waals surface area contributed by atoms with Crippen molar-refractivity contribution >= 4 is 0 Å². The molecule has 0 aliphatic carbocycles. The molecular weight excluding hydrogens is 278 g/mol. The van der Waals surface area contributed by atoms with Gasteiger partial charge in [-0.1, -0.05) is 111 Å². The van der Waals surface area contributed by atoms with Gasteiger partial charge in [0.2, 0.25) is 0 Å². The molecule has 0 heterocycles. The van der Waals surface area contributed by atoms with E-state index in [2.05, 4.69) is 26.1 Å². The zero-order chi connectivity index (χ0) is 17.0. The van der Waals surface area contributed by atoms with Crippen LogP contribution in [0.15, 0.2) is 0 Å². The van der Waals surface area contributed by atoms with Crippen molar-refractivity contribution in [2.45, 2.75) is 124 Å². The second-order valence-corrected chi connectivity index (χ2v) is 7.52. The van der Waals surface area contributed by atoms with Crippen LogP contribution >= 0.6 is 0 Å². The minimum Gasteiger partial charge on any atom is -0.317 e. The number of hydrogen-bond donors (Lipinski definition) is 1. The standard InChI is InChI=1S/C22H47N/c1-4-7-9-10-11-12-13-14-16-20-23-21-19-22(17-6-3)18-15-8-5-2/h22-23H,4-21H2,1-3H3. The Kier molecular flexibility index (Phi) is 20.0. The molecular formula is C22H47N. The van der Waals surface area contributed by atoms with Gasteiger partial charge in [0.15, 0.2) is 0 Å². The second kappa shape index (κ2) is 20.0. The predicted molar refractivity (Wildman–Crippen MR) is 107 cm³/mol. The summed E-state index contributed by atoms with van der Waals surface area (Å²) >= 11 is 0. The predicted octanol–water partition coefficient (Wildman–Crippen LogP) is 7.49. The van der Waals surface area contributed by atoms with Gasteiger partial charge in [-0.3, -0.25) is 0 Å². The van der Waals surface area contributed by atoms with Crippen LogP contribution in [-0.4, -0.2) is 13.1 Å². The normalized spacial score (nSPS) is 12.7. The van der Waals surface area contributed by atoms with Gasteiger partial charge >= 0.3 is 0 Å². The van der Waals surface area contributed by atoms with Crippen molar-refractivity contribution in [2.75, 3.05) is 13.1 Å². The first-order valence-corrected chi connectivity index (χ1v) is 11.1. The van der Waals surface area contributed by atoms with Crippen molar-refractivity contribution in [3.8, 4) is 0 Å². The van der Waals surface area contributed by atoms with Crippen molar-refractivity contribution in [1.82, 2.24) is 5.32 Å². The van der Waals surface area contributed by atoms with Crippen molar-refractivity contribution in [2.24, 2.45) is 5.92 Å². The third-order valence-corrected chi connectivity index (χ3v) is 5.10. The SMILES string of the molecule is CCCCCCCCCCCNCCC(CCC)CCCCC. The van der Waals surface area contributed by atoms with Gasteiger partial charge in [0.1, 0.15) is 0 Å². The van der Waals surface area contributed by atoms with E-state index in [4.69, 9.17) is 0 Å². The van der Waals surface area contributed by atoms with E-state index in [1.165, 1.54) is 116 Å². The first-order valence-electron chi connectivity index (χ1n) is 11.1. The Morgan fingerprint density at radius 1 is 0.478 bits per heavy atom. The fourth-order valence-corrected chi connectivity index (χ4v) is 3.52. The van der Waals surface area contributed by atoms with Crippen LogP contribution in [0, 0.1) is 5.92 Å². The van der Waals surface area contributed by atoms with Crippen LogP contribution < -0.4 is 5.32 Å². The van der Waals surface area contributed by atoms with Crippen molar-refractivity contribution < 1.29 is 0 Å². The number of nitrogens with one attached hydrogen (secondary N) is 1. The maximum absolute atomic E-state index is 3.68. The first kappa shape index (κ1) is 23.0. The molecule has 0 aromatic carbocycles. The van der Waals surface area contributed by atoms with Crippen LogP contribution in [0.5, 0.6) is 0 Å². The molecule has 140 valence electrons. The molecule has 0 aliphatic heterocycles. The van der Waals surface area contributed by atoms with E-state index in [0.717, 1.165) is 5.92 Å². The highest BCUT2D eigenvalue weighted by Gasteiger charge is 2.06. The summed E-state index contributed by atoms with van der Waals surface area (Å²) < 4.78 is 0. The molecule has 0 spiro atoms. The Hall–Kier alpha value is -0.0400. The Morgan fingerprint density at radius 2 is 1.04 bits per heavy atom. The molecule has 23 heavy (non-hydrogen) atoms. The topological polar surface area (TPSA) is 12.0 Å². The van der Waals surface area contributed by atoms with E-state index >= 15 is 0 Å². The van der Waals surface area contributed by atoms with E-state index in [-0.39, 0.29) is 0 Å². The van der Waals surface area contributed by atoms with Crippen LogP contribution in [0.25, 0.3) is 0 Å². The lowest BCUT2D eigenvalue weighted by Crippen LogP contribution is -2.19. The lowest BCUT2D eigenvalue weighted by atomic mass is 9.93. The average Bonchev–Trinajstić information content (AvgIpc) is 2.56. The smallest absolute Gasteiger partial charge is 0.00463 e. The van der Waals surface area contributed by atoms with Crippen LogP contribution in [0.2, 0.25) is 0 Å². The Morgan fingerprint density at radius 3 is 1.65 bits per heavy atom. The molecule has 0 aromatic heterocycles. The molecule has 0 saturated heterocycles. The Balaban J connectivity index is 3.28. The second-order valence-electron chi connectivity index (χ2n) is 7.52. The molecule has 0 fully saturated rings. The molecule has 1 atom stereocenters. The van der Waals surface area contributed by atoms with E-state index in [1.54, 1.807) is 0 Å². The molecule has 0 bridgehead atoms. The van der Waals surface area contributed by atoms with Crippen molar-refractivity contribution in [3.05, 3.63) is 0 Å². The van der Waals surface area contributed by atoms with Crippen LogP contribution in [0.3, 0.4) is 0 Å². The van der Waals surface area contributed by atoms with E-state index in [9.17, 15) is 0 Å². The molecule has 1 heteroatoms. The quantitative estimate of drug-likeness (QED) is 0.242. The summed E-state index contributed by atoms with van der Waals surface area (Å²) in [5.74, 6) is 0.974. The lowest BCUT2D eigenvalue weighted by molar-refractivity contribution is 0.387. The highest BCUT2D eigenvalue weighted by Crippen LogP contribution is 2.18. The van der Waals surface area contributed by atoms with Crippen molar-refractivity contribution in [3.63, 3.8) is 0 Å². The molecule has 0 saturated carbocycles. The summed E-state index contributed by atoms with van der Waals surface area (Å²) in [5, 5.41) is 3.68. The monoisotopic (exact) mass is 325 g/mol. The molecule has 1 nitrogen and oxygen atoms in total. The Labute approximate surface area is 148 Å². The molecule has 0 aromatic rings. The van der Waals surface area contributed by atoms with E-state index in [0.29, 0.717) is 0 Å². The highest BCUT2D eigenvalue weighted by molar-refractivity contribution is 4.62. The summed E-state index contributed by atoms with van der Waals surface area (Å²) in [4.78, 5) is 0. The fraction of sp³-hybridized carbons (Fsp3) is 1.00. The summed E-state index contributed by atoms with van der Waals surface area (Å²) in [7, 11) is 0. The highest BCUT2D eigenvalue weighted by atomic mass is 14.8. The largest absolute Gasteiger partial charge is 0.317 e. The van der Waals surface area contributed by atoms with Gasteiger partial charge in [-0.15, -0.1) is 0 Å². The zero-order valence-electron chi connectivity index (χ0n) is 16.8. The number of hydrogen-bond acceptors (Lipinski definition) is 1. The van der Waals surface area contributed by atoms with Gasteiger partial charge in [-0.25, -0.2) is 0 Å². The summed E-state index contributed by atoms with van der Waals surface area (Å²) in [6, 6.07) is 0. The van der Waals surface area contributed by atoms with Crippen molar-refractivity contribution in [1.29, 1.82) is 0 Å².